The number of sulfonamides is 1. The number of amides is 2. The minimum atomic E-state index is -4.71. The van der Waals surface area contributed by atoms with Gasteiger partial charge in [0.2, 0.25) is 0 Å². The van der Waals surface area contributed by atoms with Gasteiger partial charge in [0.15, 0.2) is 5.75 Å². The molecule has 0 aliphatic carbocycles. The lowest BCUT2D eigenvalue weighted by atomic mass is 10.0. The summed E-state index contributed by atoms with van der Waals surface area (Å²) in [6.45, 7) is 11.0. The van der Waals surface area contributed by atoms with E-state index in [0.29, 0.717) is 41.8 Å². The van der Waals surface area contributed by atoms with Crippen molar-refractivity contribution < 1.29 is 36.7 Å². The Bertz CT molecular complexity index is 1560. The molecule has 11 nitrogen and oxygen atoms in total. The smallest absolute Gasteiger partial charge is 0.415 e. The number of rotatable bonds is 8. The van der Waals surface area contributed by atoms with Gasteiger partial charge in [-0.2, -0.15) is 0 Å². The number of nitrogens with zero attached hydrogens (tertiary/aromatic N) is 3. The SMILES string of the molecule is CN1CCN(C(=O)Oc2ccc(C[C@@H](C(=O)OC(C)(C)C)N(C(=O)[C@H]3NC(C)(C)CS3)S(=O)(=O)c3ccc(F)cc3)cc2Cl)CC1. The van der Waals surface area contributed by atoms with Gasteiger partial charge in [-0.3, -0.25) is 10.1 Å². The third-order valence-corrected chi connectivity index (χ3v) is 10.9. The molecule has 2 fully saturated rings. The molecule has 1 N–H and O–H groups in total. The van der Waals surface area contributed by atoms with Crippen LogP contribution < -0.4 is 10.1 Å². The molecular weight excluding hydrogens is 659 g/mol. The number of carbonyl (C=O) groups excluding carboxylic acids is 3. The first-order valence-electron chi connectivity index (χ1n) is 14.8. The number of esters is 1. The van der Waals surface area contributed by atoms with E-state index in [2.05, 4.69) is 10.2 Å². The van der Waals surface area contributed by atoms with Crippen LogP contribution in [-0.4, -0.2) is 102 Å². The first-order chi connectivity index (χ1) is 21.4. The Morgan fingerprint density at radius 3 is 2.28 bits per heavy atom. The number of nitrogens with one attached hydrogen (secondary N) is 1. The third-order valence-electron chi connectivity index (χ3n) is 7.29. The van der Waals surface area contributed by atoms with E-state index in [-0.39, 0.29) is 22.1 Å². The lowest BCUT2D eigenvalue weighted by molar-refractivity contribution is -0.161. The second-order valence-electron chi connectivity index (χ2n) is 13.0. The number of halogens is 2. The van der Waals surface area contributed by atoms with Crippen LogP contribution >= 0.6 is 23.4 Å². The van der Waals surface area contributed by atoms with Crippen LogP contribution in [0.2, 0.25) is 5.02 Å². The van der Waals surface area contributed by atoms with E-state index in [1.807, 2.05) is 20.9 Å². The van der Waals surface area contributed by atoms with Gasteiger partial charge >= 0.3 is 12.1 Å². The first-order valence-corrected chi connectivity index (χ1v) is 17.6. The quantitative estimate of drug-likeness (QED) is 0.403. The summed E-state index contributed by atoms with van der Waals surface area (Å²) in [6.07, 6.45) is -0.866. The van der Waals surface area contributed by atoms with E-state index < -0.39 is 56.4 Å². The summed E-state index contributed by atoms with van der Waals surface area (Å²) in [7, 11) is -2.75. The summed E-state index contributed by atoms with van der Waals surface area (Å²) < 4.78 is 53.8. The molecule has 2 aliphatic rings. The maximum atomic E-state index is 14.2. The average Bonchev–Trinajstić information content (AvgIpc) is 3.33. The average molecular weight is 699 g/mol. The Morgan fingerprint density at radius 1 is 1.11 bits per heavy atom. The Balaban J connectivity index is 1.71. The fourth-order valence-electron chi connectivity index (χ4n) is 4.89. The monoisotopic (exact) mass is 698 g/mol. The predicted octanol–water partition coefficient (Wildman–Crippen LogP) is 4.14. The van der Waals surface area contributed by atoms with Gasteiger partial charge in [0.25, 0.3) is 15.9 Å². The van der Waals surface area contributed by atoms with Crippen molar-refractivity contribution in [2.24, 2.45) is 0 Å². The third kappa shape index (κ3) is 8.91. The van der Waals surface area contributed by atoms with E-state index in [9.17, 15) is 27.2 Å². The first kappa shape index (κ1) is 35.9. The van der Waals surface area contributed by atoms with Gasteiger partial charge in [-0.05, 0) is 83.6 Å². The van der Waals surface area contributed by atoms with E-state index in [1.165, 1.54) is 30.0 Å². The van der Waals surface area contributed by atoms with Crippen LogP contribution in [0.25, 0.3) is 0 Å². The standard InChI is InChI=1S/C31H40ClFN4O7S2/c1-30(2,3)44-28(39)24(18-20-7-12-25(23(32)17-20)43-29(40)36-15-13-35(6)14-16-36)37(27(38)26-34-31(4,5)19-45-26)46(41,42)22-10-8-21(33)9-11-22/h7-12,17,24,26,34H,13-16,18-19H2,1-6H3/t24-,26-/m0/s1. The Morgan fingerprint density at radius 2 is 1.74 bits per heavy atom. The molecule has 0 aromatic heterocycles. The minimum Gasteiger partial charge on any atom is -0.458 e. The molecule has 0 unspecified atom stereocenters. The molecule has 46 heavy (non-hydrogen) atoms. The molecule has 15 heteroatoms. The van der Waals surface area contributed by atoms with Crippen molar-refractivity contribution in [3.05, 3.63) is 58.9 Å². The van der Waals surface area contributed by atoms with Gasteiger partial charge in [0, 0.05) is 43.9 Å². The zero-order chi connectivity index (χ0) is 34.0. The fourth-order valence-corrected chi connectivity index (χ4v) is 8.07. The van der Waals surface area contributed by atoms with Crippen LogP contribution in [0.3, 0.4) is 0 Å². The molecule has 2 aliphatic heterocycles. The normalized spacial score (nSPS) is 19.4. The Kier molecular flexibility index (Phi) is 11.0. The Hall–Kier alpha value is -2.91. The van der Waals surface area contributed by atoms with Gasteiger partial charge in [0.1, 0.15) is 22.8 Å². The second-order valence-corrected chi connectivity index (χ2v) is 16.3. The summed E-state index contributed by atoms with van der Waals surface area (Å²) in [6, 6.07) is 6.78. The van der Waals surface area contributed by atoms with Crippen molar-refractivity contribution in [1.82, 2.24) is 19.4 Å². The molecule has 252 valence electrons. The molecule has 2 amide bonds. The molecule has 2 atom stereocenters. The topological polar surface area (TPSA) is 126 Å². The fraction of sp³-hybridized carbons (Fsp3) is 0.516. The highest BCUT2D eigenvalue weighted by Crippen LogP contribution is 2.33. The number of thioether (sulfide) groups is 1. The second kappa shape index (κ2) is 14.1. The number of ether oxygens (including phenoxy) is 2. The number of carbonyl (C=O) groups is 3. The summed E-state index contributed by atoms with van der Waals surface area (Å²) in [5.74, 6) is -1.91. The highest BCUT2D eigenvalue weighted by molar-refractivity contribution is 8.01. The maximum Gasteiger partial charge on any atom is 0.415 e. The maximum absolute atomic E-state index is 14.2. The summed E-state index contributed by atoms with van der Waals surface area (Å²) in [4.78, 5) is 44.0. The lowest BCUT2D eigenvalue weighted by Crippen LogP contribution is -2.56. The van der Waals surface area contributed by atoms with E-state index in [1.54, 1.807) is 25.7 Å². The number of piperazine rings is 1. The van der Waals surface area contributed by atoms with Crippen molar-refractivity contribution in [2.45, 2.75) is 68.5 Å². The highest BCUT2D eigenvalue weighted by Gasteiger charge is 2.47. The number of likely N-dealkylation sites (N-methyl/N-ethyl adjacent to an activating group) is 1. The highest BCUT2D eigenvalue weighted by atomic mass is 35.5. The van der Waals surface area contributed by atoms with Gasteiger partial charge in [-0.15, -0.1) is 11.8 Å². The van der Waals surface area contributed by atoms with Crippen molar-refractivity contribution >= 4 is 51.4 Å². The molecule has 2 aromatic rings. The van der Waals surface area contributed by atoms with E-state index in [0.717, 1.165) is 24.3 Å². The number of hydrogen-bond acceptors (Lipinski definition) is 10. The zero-order valence-electron chi connectivity index (χ0n) is 26.7. The lowest BCUT2D eigenvalue weighted by Gasteiger charge is -2.33. The minimum absolute atomic E-state index is 0.0527. The van der Waals surface area contributed by atoms with Crippen LogP contribution in [0.5, 0.6) is 5.75 Å². The molecule has 4 rings (SSSR count). The van der Waals surface area contributed by atoms with Gasteiger partial charge in [-0.25, -0.2) is 26.7 Å². The number of hydrogen-bond donors (Lipinski definition) is 1. The summed E-state index contributed by atoms with van der Waals surface area (Å²) >= 11 is 7.73. The van der Waals surface area contributed by atoms with Crippen LogP contribution in [0.4, 0.5) is 9.18 Å². The summed E-state index contributed by atoms with van der Waals surface area (Å²) in [5, 5.41) is 2.19. The molecule has 0 spiro atoms. The van der Waals surface area contributed by atoms with Gasteiger partial charge in [-0.1, -0.05) is 17.7 Å². The molecule has 2 heterocycles. The van der Waals surface area contributed by atoms with Gasteiger partial charge in [0.05, 0.1) is 9.92 Å². The molecule has 0 radical (unpaired) electrons. The predicted molar refractivity (Wildman–Crippen MR) is 174 cm³/mol. The van der Waals surface area contributed by atoms with Crippen molar-refractivity contribution in [3.63, 3.8) is 0 Å². The Labute approximate surface area is 278 Å². The zero-order valence-corrected chi connectivity index (χ0v) is 29.1. The van der Waals surface area contributed by atoms with Crippen molar-refractivity contribution in [3.8, 4) is 5.75 Å². The van der Waals surface area contributed by atoms with Crippen LogP contribution in [0, 0.1) is 5.82 Å². The van der Waals surface area contributed by atoms with Crippen molar-refractivity contribution in [2.75, 3.05) is 39.0 Å². The largest absolute Gasteiger partial charge is 0.458 e. The van der Waals surface area contributed by atoms with E-state index >= 15 is 0 Å². The molecule has 2 saturated heterocycles. The van der Waals surface area contributed by atoms with Crippen LogP contribution in [0.1, 0.15) is 40.2 Å². The molecular formula is C31H40ClFN4O7S2. The summed E-state index contributed by atoms with van der Waals surface area (Å²) in [5.41, 5.74) is -1.13. The molecule has 0 bridgehead atoms. The van der Waals surface area contributed by atoms with Gasteiger partial charge < -0.3 is 19.3 Å². The number of benzene rings is 2. The molecule has 2 aromatic carbocycles. The van der Waals surface area contributed by atoms with Crippen LogP contribution in [0.15, 0.2) is 47.4 Å². The van der Waals surface area contributed by atoms with Crippen LogP contribution in [-0.2, 0) is 30.8 Å². The molecule has 0 saturated carbocycles. The van der Waals surface area contributed by atoms with E-state index in [4.69, 9.17) is 21.1 Å². The van der Waals surface area contributed by atoms with Crippen molar-refractivity contribution in [1.29, 1.82) is 0 Å².